The lowest BCUT2D eigenvalue weighted by molar-refractivity contribution is -0.148. The summed E-state index contributed by atoms with van der Waals surface area (Å²) in [5, 5.41) is 2.94. The molecule has 1 unspecified atom stereocenters. The number of benzene rings is 1. The van der Waals surface area contributed by atoms with Crippen LogP contribution in [0.25, 0.3) is 0 Å². The van der Waals surface area contributed by atoms with Gasteiger partial charge in [0.25, 0.3) is 0 Å². The molecule has 0 radical (unpaired) electrons. The maximum Gasteiger partial charge on any atom is 0.416 e. The molecule has 0 spiro atoms. The number of halogens is 3. The van der Waals surface area contributed by atoms with E-state index in [9.17, 15) is 18.0 Å². The summed E-state index contributed by atoms with van der Waals surface area (Å²) in [6.45, 7) is 2.26. The van der Waals surface area contributed by atoms with Gasteiger partial charge in [0.2, 0.25) is 0 Å². The molecular weight excluding hydrogens is 287 g/mol. The van der Waals surface area contributed by atoms with Crippen molar-refractivity contribution in [3.63, 3.8) is 0 Å². The van der Waals surface area contributed by atoms with Crippen LogP contribution in [0, 0.1) is 0 Å². The summed E-state index contributed by atoms with van der Waals surface area (Å²) < 4.78 is 47.3. The second-order valence-electron chi connectivity index (χ2n) is 4.61. The summed E-state index contributed by atoms with van der Waals surface area (Å²) in [6.07, 6.45) is -4.41. The highest BCUT2D eigenvalue weighted by molar-refractivity contribution is 5.82. The highest BCUT2D eigenvalue weighted by Gasteiger charge is 2.37. The quantitative estimate of drug-likeness (QED) is 0.647. The largest absolute Gasteiger partial charge is 0.467 e. The van der Waals surface area contributed by atoms with Crippen LogP contribution in [0.3, 0.4) is 0 Å². The van der Waals surface area contributed by atoms with Gasteiger partial charge in [-0.3, -0.25) is 5.32 Å². The number of hydrogen-bond donors (Lipinski definition) is 1. The van der Waals surface area contributed by atoms with Crippen LogP contribution < -0.4 is 5.32 Å². The number of ether oxygens (including phenoxy) is 2. The van der Waals surface area contributed by atoms with E-state index < -0.39 is 23.2 Å². The van der Waals surface area contributed by atoms with Crippen LogP contribution >= 0.6 is 0 Å². The highest BCUT2D eigenvalue weighted by Crippen LogP contribution is 2.31. The van der Waals surface area contributed by atoms with E-state index in [0.717, 1.165) is 12.1 Å². The molecule has 0 aromatic heterocycles. The van der Waals surface area contributed by atoms with E-state index in [0.29, 0.717) is 18.7 Å². The maximum absolute atomic E-state index is 12.6. The monoisotopic (exact) mass is 305 g/mol. The zero-order valence-electron chi connectivity index (χ0n) is 12.1. The van der Waals surface area contributed by atoms with Crippen LogP contribution in [0.1, 0.15) is 18.1 Å². The first-order valence-electron chi connectivity index (χ1n) is 6.26. The number of carbonyl (C=O) groups excluding carboxylic acids is 1. The third kappa shape index (κ3) is 4.18. The summed E-state index contributed by atoms with van der Waals surface area (Å²) in [5.74, 6) is -0.585. The number of carbonyl (C=O) groups is 1. The van der Waals surface area contributed by atoms with Crippen LogP contribution in [-0.2, 0) is 26.0 Å². The van der Waals surface area contributed by atoms with Crippen molar-refractivity contribution >= 4 is 5.97 Å². The Kier molecular flexibility index (Phi) is 5.74. The zero-order valence-corrected chi connectivity index (χ0v) is 12.1. The van der Waals surface area contributed by atoms with Crippen molar-refractivity contribution in [3.8, 4) is 0 Å². The Morgan fingerprint density at radius 3 is 2.10 bits per heavy atom. The molecule has 1 N–H and O–H groups in total. The Labute approximate surface area is 121 Å². The predicted molar refractivity (Wildman–Crippen MR) is 70.7 cm³/mol. The molecule has 0 heterocycles. The molecule has 0 saturated heterocycles. The lowest BCUT2D eigenvalue weighted by atomic mass is 9.91. The van der Waals surface area contributed by atoms with Crippen molar-refractivity contribution in [2.75, 3.05) is 27.4 Å². The SMILES string of the molecule is COCCNC(C)(C(=O)OC)c1ccc(C(F)(F)F)cc1. The average Bonchev–Trinajstić information content (AvgIpc) is 2.45. The fourth-order valence-corrected chi connectivity index (χ4v) is 1.89. The maximum atomic E-state index is 12.6. The van der Waals surface area contributed by atoms with Gasteiger partial charge >= 0.3 is 12.1 Å². The molecule has 1 aromatic carbocycles. The molecule has 21 heavy (non-hydrogen) atoms. The standard InChI is InChI=1S/C14H18F3NO3/c1-13(12(19)21-3,18-8-9-20-2)10-4-6-11(7-5-10)14(15,16)17/h4-7,18H,8-9H2,1-3H3. The Balaban J connectivity index is 3.06. The van der Waals surface area contributed by atoms with Crippen LogP contribution in [0.4, 0.5) is 13.2 Å². The molecule has 1 atom stereocenters. The highest BCUT2D eigenvalue weighted by atomic mass is 19.4. The minimum atomic E-state index is -4.41. The predicted octanol–water partition coefficient (Wildman–Crippen LogP) is 2.33. The lowest BCUT2D eigenvalue weighted by Gasteiger charge is -2.28. The molecule has 118 valence electrons. The Bertz CT molecular complexity index is 473. The molecule has 7 heteroatoms. The van der Waals surface area contributed by atoms with Crippen molar-refractivity contribution in [2.45, 2.75) is 18.6 Å². The Hall–Kier alpha value is -1.60. The second-order valence-corrected chi connectivity index (χ2v) is 4.61. The van der Waals surface area contributed by atoms with E-state index >= 15 is 0 Å². The Morgan fingerprint density at radius 1 is 1.14 bits per heavy atom. The first-order valence-corrected chi connectivity index (χ1v) is 6.26. The van der Waals surface area contributed by atoms with Crippen molar-refractivity contribution in [2.24, 2.45) is 0 Å². The molecule has 0 saturated carbocycles. The molecule has 1 rings (SSSR count). The number of alkyl halides is 3. The van der Waals surface area contributed by atoms with Gasteiger partial charge in [0.15, 0.2) is 0 Å². The van der Waals surface area contributed by atoms with Crippen LogP contribution in [0.5, 0.6) is 0 Å². The van der Waals surface area contributed by atoms with Crippen LogP contribution in [0.2, 0.25) is 0 Å². The fourth-order valence-electron chi connectivity index (χ4n) is 1.89. The normalized spacial score (nSPS) is 14.6. The fraction of sp³-hybridized carbons (Fsp3) is 0.500. The number of methoxy groups -OCH3 is 2. The van der Waals surface area contributed by atoms with Gasteiger partial charge in [-0.2, -0.15) is 13.2 Å². The molecule has 0 aliphatic rings. The molecule has 0 aliphatic heterocycles. The number of hydrogen-bond acceptors (Lipinski definition) is 4. The number of nitrogens with one attached hydrogen (secondary N) is 1. The van der Waals surface area contributed by atoms with Gasteiger partial charge in [-0.25, -0.2) is 4.79 Å². The van der Waals surface area contributed by atoms with Gasteiger partial charge in [0.05, 0.1) is 19.3 Å². The van der Waals surface area contributed by atoms with E-state index in [1.165, 1.54) is 26.4 Å². The molecular formula is C14H18F3NO3. The molecule has 0 amide bonds. The average molecular weight is 305 g/mol. The summed E-state index contributed by atoms with van der Waals surface area (Å²) in [7, 11) is 2.73. The van der Waals surface area contributed by atoms with E-state index in [2.05, 4.69) is 5.32 Å². The zero-order chi connectivity index (χ0) is 16.1. The molecule has 0 fully saturated rings. The van der Waals surface area contributed by atoms with Gasteiger partial charge in [-0.15, -0.1) is 0 Å². The topological polar surface area (TPSA) is 47.6 Å². The third-order valence-corrected chi connectivity index (χ3v) is 3.17. The minimum Gasteiger partial charge on any atom is -0.467 e. The van der Waals surface area contributed by atoms with E-state index in [4.69, 9.17) is 9.47 Å². The van der Waals surface area contributed by atoms with Crippen molar-refractivity contribution in [1.82, 2.24) is 5.32 Å². The van der Waals surface area contributed by atoms with Crippen molar-refractivity contribution in [1.29, 1.82) is 0 Å². The van der Waals surface area contributed by atoms with Crippen molar-refractivity contribution < 1.29 is 27.4 Å². The van der Waals surface area contributed by atoms with Gasteiger partial charge in [0.1, 0.15) is 5.54 Å². The number of esters is 1. The smallest absolute Gasteiger partial charge is 0.416 e. The molecule has 1 aromatic rings. The van der Waals surface area contributed by atoms with Gasteiger partial charge < -0.3 is 9.47 Å². The third-order valence-electron chi connectivity index (χ3n) is 3.17. The second kappa shape index (κ2) is 6.91. The molecule has 0 bridgehead atoms. The summed E-state index contributed by atoms with van der Waals surface area (Å²) >= 11 is 0. The summed E-state index contributed by atoms with van der Waals surface area (Å²) in [6, 6.07) is 4.40. The summed E-state index contributed by atoms with van der Waals surface area (Å²) in [4.78, 5) is 12.0. The summed E-state index contributed by atoms with van der Waals surface area (Å²) in [5.41, 5.74) is -1.62. The van der Waals surface area contributed by atoms with Crippen LogP contribution in [-0.4, -0.2) is 33.3 Å². The first-order chi connectivity index (χ1) is 9.75. The van der Waals surface area contributed by atoms with Gasteiger partial charge in [-0.05, 0) is 24.6 Å². The van der Waals surface area contributed by atoms with Crippen LogP contribution in [0.15, 0.2) is 24.3 Å². The minimum absolute atomic E-state index is 0.350. The molecule has 4 nitrogen and oxygen atoms in total. The van der Waals surface area contributed by atoms with Gasteiger partial charge in [0, 0.05) is 13.7 Å². The Morgan fingerprint density at radius 2 is 1.67 bits per heavy atom. The van der Waals surface area contributed by atoms with E-state index in [1.54, 1.807) is 6.92 Å². The number of rotatable bonds is 6. The van der Waals surface area contributed by atoms with Crippen molar-refractivity contribution in [3.05, 3.63) is 35.4 Å². The first kappa shape index (κ1) is 17.5. The van der Waals surface area contributed by atoms with E-state index in [-0.39, 0.29) is 0 Å². The van der Waals surface area contributed by atoms with Gasteiger partial charge in [-0.1, -0.05) is 12.1 Å². The van der Waals surface area contributed by atoms with E-state index in [1.807, 2.05) is 0 Å². The lowest BCUT2D eigenvalue weighted by Crippen LogP contribution is -2.48. The molecule has 0 aliphatic carbocycles.